The predicted octanol–water partition coefficient (Wildman–Crippen LogP) is 3.94. The highest BCUT2D eigenvalue weighted by Gasteiger charge is 2.15. The summed E-state index contributed by atoms with van der Waals surface area (Å²) < 4.78 is 1.81. The molecule has 0 fully saturated rings. The first-order valence-electron chi connectivity index (χ1n) is 9.08. The van der Waals surface area contributed by atoms with Gasteiger partial charge in [-0.05, 0) is 49.6 Å². The predicted molar refractivity (Wildman–Crippen MR) is 107 cm³/mol. The zero-order chi connectivity index (χ0) is 18.8. The molecule has 0 aliphatic heterocycles. The minimum absolute atomic E-state index is 0.0914. The van der Waals surface area contributed by atoms with Gasteiger partial charge in [-0.3, -0.25) is 4.79 Å². The first kappa shape index (κ1) is 17.1. The van der Waals surface area contributed by atoms with Crippen molar-refractivity contribution in [3.05, 3.63) is 83.3 Å². The molecule has 0 saturated heterocycles. The van der Waals surface area contributed by atoms with Crippen molar-refractivity contribution in [1.82, 2.24) is 20.1 Å². The number of para-hydroxylation sites is 1. The average Bonchev–Trinajstić information content (AvgIpc) is 3.25. The van der Waals surface area contributed by atoms with E-state index in [2.05, 4.69) is 33.6 Å². The first-order chi connectivity index (χ1) is 13.1. The highest BCUT2D eigenvalue weighted by atomic mass is 16.1. The maximum Gasteiger partial charge on any atom is 0.254 e. The van der Waals surface area contributed by atoms with E-state index in [1.807, 2.05) is 55.1 Å². The van der Waals surface area contributed by atoms with Crippen molar-refractivity contribution in [3.63, 3.8) is 0 Å². The van der Waals surface area contributed by atoms with Crippen molar-refractivity contribution < 1.29 is 4.79 Å². The van der Waals surface area contributed by atoms with Gasteiger partial charge in [-0.1, -0.05) is 30.3 Å². The van der Waals surface area contributed by atoms with Crippen LogP contribution in [0.25, 0.3) is 16.6 Å². The topological polar surface area (TPSA) is 62.7 Å². The third kappa shape index (κ3) is 3.36. The van der Waals surface area contributed by atoms with Gasteiger partial charge < -0.3 is 10.3 Å². The number of aromatic amines is 1. The van der Waals surface area contributed by atoms with Gasteiger partial charge in [-0.15, -0.1) is 0 Å². The SMILES string of the molecule is Cc1cccc(-n2ncc(C(=O)NCCc3c[nH]c4ccccc34)c2C)c1. The van der Waals surface area contributed by atoms with Crippen LogP contribution in [0, 0.1) is 13.8 Å². The molecule has 0 spiro atoms. The summed E-state index contributed by atoms with van der Waals surface area (Å²) in [6, 6.07) is 16.3. The molecule has 2 aromatic carbocycles. The molecule has 0 aliphatic rings. The molecule has 136 valence electrons. The standard InChI is InChI=1S/C22H22N4O/c1-15-6-5-7-18(12-15)26-16(2)20(14-25-26)22(27)23-11-10-17-13-24-21-9-4-3-8-19(17)21/h3-9,12-14,24H,10-11H2,1-2H3,(H,23,27). The Hall–Kier alpha value is -3.34. The lowest BCUT2D eigenvalue weighted by Gasteiger charge is -2.07. The molecule has 2 heterocycles. The second kappa shape index (κ2) is 7.11. The van der Waals surface area contributed by atoms with E-state index >= 15 is 0 Å². The van der Waals surface area contributed by atoms with Crippen molar-refractivity contribution in [2.75, 3.05) is 6.54 Å². The number of carbonyl (C=O) groups excluding carboxylic acids is 1. The Morgan fingerprint density at radius 2 is 2.00 bits per heavy atom. The van der Waals surface area contributed by atoms with Crippen LogP contribution in [0.3, 0.4) is 0 Å². The molecule has 0 radical (unpaired) electrons. The summed E-state index contributed by atoms with van der Waals surface area (Å²) in [6.45, 7) is 4.54. The molecule has 4 aromatic rings. The second-order valence-electron chi connectivity index (χ2n) is 6.76. The number of amides is 1. The molecule has 0 saturated carbocycles. The Morgan fingerprint density at radius 3 is 2.85 bits per heavy atom. The zero-order valence-electron chi connectivity index (χ0n) is 15.5. The number of hydrogen-bond donors (Lipinski definition) is 2. The number of fused-ring (bicyclic) bond motifs is 1. The maximum absolute atomic E-state index is 12.6. The summed E-state index contributed by atoms with van der Waals surface area (Å²) in [5.41, 5.74) is 5.89. The van der Waals surface area contributed by atoms with E-state index < -0.39 is 0 Å². The van der Waals surface area contributed by atoms with Crippen LogP contribution in [0.5, 0.6) is 0 Å². The molecule has 27 heavy (non-hydrogen) atoms. The van der Waals surface area contributed by atoms with E-state index in [1.54, 1.807) is 6.20 Å². The molecule has 2 N–H and O–H groups in total. The van der Waals surface area contributed by atoms with Crippen molar-refractivity contribution >= 4 is 16.8 Å². The monoisotopic (exact) mass is 358 g/mol. The van der Waals surface area contributed by atoms with E-state index in [0.717, 1.165) is 28.9 Å². The van der Waals surface area contributed by atoms with Gasteiger partial charge in [0.2, 0.25) is 0 Å². The molecule has 1 amide bonds. The highest BCUT2D eigenvalue weighted by molar-refractivity contribution is 5.95. The molecular formula is C22H22N4O. The van der Waals surface area contributed by atoms with Crippen molar-refractivity contribution in [1.29, 1.82) is 0 Å². The summed E-state index contributed by atoms with van der Waals surface area (Å²) in [6.07, 6.45) is 4.43. The van der Waals surface area contributed by atoms with Crippen LogP contribution in [-0.4, -0.2) is 27.2 Å². The van der Waals surface area contributed by atoms with Gasteiger partial charge in [0, 0.05) is 23.6 Å². The number of hydrogen-bond acceptors (Lipinski definition) is 2. The Bertz CT molecular complexity index is 1110. The van der Waals surface area contributed by atoms with Crippen LogP contribution in [0.1, 0.15) is 27.2 Å². The van der Waals surface area contributed by atoms with E-state index in [1.165, 1.54) is 10.9 Å². The molecule has 0 atom stereocenters. The van der Waals surface area contributed by atoms with Gasteiger partial charge in [0.1, 0.15) is 0 Å². The second-order valence-corrected chi connectivity index (χ2v) is 6.76. The van der Waals surface area contributed by atoms with Crippen LogP contribution in [0.2, 0.25) is 0 Å². The van der Waals surface area contributed by atoms with Crippen molar-refractivity contribution in [2.45, 2.75) is 20.3 Å². The van der Waals surface area contributed by atoms with E-state index in [0.29, 0.717) is 12.1 Å². The Balaban J connectivity index is 1.44. The number of H-pyrrole nitrogens is 1. The van der Waals surface area contributed by atoms with Gasteiger partial charge in [-0.25, -0.2) is 4.68 Å². The lowest BCUT2D eigenvalue weighted by molar-refractivity contribution is 0.0953. The molecule has 4 rings (SSSR count). The molecule has 0 aliphatic carbocycles. The number of aryl methyl sites for hydroxylation is 1. The van der Waals surface area contributed by atoms with Crippen LogP contribution in [-0.2, 0) is 6.42 Å². The van der Waals surface area contributed by atoms with Gasteiger partial charge in [0.15, 0.2) is 0 Å². The maximum atomic E-state index is 12.6. The van der Waals surface area contributed by atoms with Gasteiger partial charge in [0.05, 0.1) is 23.1 Å². The van der Waals surface area contributed by atoms with Gasteiger partial charge >= 0.3 is 0 Å². The first-order valence-corrected chi connectivity index (χ1v) is 9.08. The minimum atomic E-state index is -0.0914. The Kier molecular flexibility index (Phi) is 4.50. The summed E-state index contributed by atoms with van der Waals surface area (Å²) in [7, 11) is 0. The minimum Gasteiger partial charge on any atom is -0.361 e. The number of rotatable bonds is 5. The summed E-state index contributed by atoms with van der Waals surface area (Å²) in [5.74, 6) is -0.0914. The van der Waals surface area contributed by atoms with Crippen LogP contribution < -0.4 is 5.32 Å². The van der Waals surface area contributed by atoms with E-state index in [9.17, 15) is 4.79 Å². The summed E-state index contributed by atoms with van der Waals surface area (Å²) in [4.78, 5) is 15.9. The summed E-state index contributed by atoms with van der Waals surface area (Å²) in [5, 5.41) is 8.61. The van der Waals surface area contributed by atoms with E-state index in [-0.39, 0.29) is 5.91 Å². The lowest BCUT2D eigenvalue weighted by atomic mass is 10.1. The molecule has 2 aromatic heterocycles. The number of carbonyl (C=O) groups is 1. The van der Waals surface area contributed by atoms with Gasteiger partial charge in [-0.2, -0.15) is 5.10 Å². The Morgan fingerprint density at radius 1 is 1.15 bits per heavy atom. The number of nitrogens with zero attached hydrogens (tertiary/aromatic N) is 2. The third-order valence-corrected chi connectivity index (χ3v) is 4.86. The fourth-order valence-electron chi connectivity index (χ4n) is 3.40. The van der Waals surface area contributed by atoms with Crippen LogP contribution in [0.4, 0.5) is 0 Å². The third-order valence-electron chi connectivity index (χ3n) is 4.86. The Labute approximate surface area is 158 Å². The quantitative estimate of drug-likeness (QED) is 0.567. The van der Waals surface area contributed by atoms with Crippen molar-refractivity contribution in [2.24, 2.45) is 0 Å². The largest absolute Gasteiger partial charge is 0.361 e. The molecular weight excluding hydrogens is 336 g/mol. The number of aromatic nitrogens is 3. The molecule has 0 bridgehead atoms. The molecule has 5 nitrogen and oxygen atoms in total. The van der Waals surface area contributed by atoms with Crippen molar-refractivity contribution in [3.8, 4) is 5.69 Å². The number of nitrogens with one attached hydrogen (secondary N) is 2. The highest BCUT2D eigenvalue weighted by Crippen LogP contribution is 2.18. The normalized spacial score (nSPS) is 11.0. The fraction of sp³-hybridized carbons (Fsp3) is 0.182. The fourth-order valence-corrected chi connectivity index (χ4v) is 3.40. The average molecular weight is 358 g/mol. The molecule has 0 unspecified atom stereocenters. The zero-order valence-corrected chi connectivity index (χ0v) is 15.5. The molecule has 5 heteroatoms. The number of benzene rings is 2. The van der Waals surface area contributed by atoms with Crippen LogP contribution in [0.15, 0.2) is 60.9 Å². The summed E-state index contributed by atoms with van der Waals surface area (Å²) >= 11 is 0. The smallest absolute Gasteiger partial charge is 0.254 e. The van der Waals surface area contributed by atoms with Gasteiger partial charge in [0.25, 0.3) is 5.91 Å². The lowest BCUT2D eigenvalue weighted by Crippen LogP contribution is -2.26. The van der Waals surface area contributed by atoms with Crippen LogP contribution >= 0.6 is 0 Å². The van der Waals surface area contributed by atoms with E-state index in [4.69, 9.17) is 0 Å².